The van der Waals surface area contributed by atoms with Crippen LogP contribution in [-0.4, -0.2) is 5.25 Å². The zero-order valence-electron chi connectivity index (χ0n) is 28.2. The summed E-state index contributed by atoms with van der Waals surface area (Å²) in [6.07, 6.45) is 7.59. The summed E-state index contributed by atoms with van der Waals surface area (Å²) in [6.45, 7) is 0. The monoisotopic (exact) mass is 710 g/mol. The zero-order valence-corrected chi connectivity index (χ0v) is 30.6. The van der Waals surface area contributed by atoms with Gasteiger partial charge in [-0.3, -0.25) is 0 Å². The molecule has 0 saturated heterocycles. The minimum atomic E-state index is -1.78. The number of hydrogen-bond acceptors (Lipinski definition) is 1. The van der Waals surface area contributed by atoms with Gasteiger partial charge in [0.2, 0.25) is 0 Å². The largest absolute Gasteiger partial charge is 0.133 e. The van der Waals surface area contributed by atoms with Gasteiger partial charge < -0.3 is 0 Å². The lowest BCUT2D eigenvalue weighted by Gasteiger charge is -2.44. The quantitative estimate of drug-likeness (QED) is 0.151. The highest BCUT2D eigenvalue weighted by atomic mass is 32.3. The van der Waals surface area contributed by atoms with E-state index in [4.69, 9.17) is 0 Å². The van der Waals surface area contributed by atoms with Gasteiger partial charge in [-0.1, -0.05) is 127 Å². The predicted molar refractivity (Wildman–Crippen MR) is 218 cm³/mol. The molecule has 1 heterocycles. The average Bonchev–Trinajstić information content (AvgIpc) is 3.59. The molecule has 0 nitrogen and oxygen atoms in total. The van der Waals surface area contributed by atoms with Gasteiger partial charge >= 0.3 is 0 Å². The van der Waals surface area contributed by atoms with Gasteiger partial charge in [-0.15, -0.1) is 31.8 Å². The molecule has 1 aliphatic carbocycles. The molecule has 0 radical (unpaired) electrons. The van der Waals surface area contributed by atoms with Crippen molar-refractivity contribution in [3.63, 3.8) is 0 Å². The third kappa shape index (κ3) is 5.34. The van der Waals surface area contributed by atoms with Crippen molar-refractivity contribution in [2.24, 2.45) is 0 Å². The molecule has 0 spiro atoms. The first-order valence-electron chi connectivity index (χ1n) is 17.5. The molecule has 0 fully saturated rings. The van der Waals surface area contributed by atoms with Crippen LogP contribution in [0.25, 0.3) is 0 Å². The second-order valence-corrected chi connectivity index (χ2v) is 20.3. The van der Waals surface area contributed by atoms with E-state index in [1.165, 1.54) is 49.6 Å². The summed E-state index contributed by atoms with van der Waals surface area (Å²) in [5.41, 5.74) is 1.44. The fourth-order valence-electron chi connectivity index (χ4n) is 7.83. The van der Waals surface area contributed by atoms with Crippen LogP contribution in [0, 0.1) is 0 Å². The number of fused-ring (bicyclic) bond motifs is 3. The Bertz CT molecular complexity index is 2130. The van der Waals surface area contributed by atoms with Crippen LogP contribution in [0.2, 0.25) is 0 Å². The van der Waals surface area contributed by atoms with Crippen molar-refractivity contribution in [1.29, 1.82) is 0 Å². The van der Waals surface area contributed by atoms with E-state index in [0.29, 0.717) is 5.25 Å². The molecule has 0 bridgehead atoms. The smallest absolute Gasteiger partial charge is 0.0382 e. The maximum atomic E-state index is 2.64. The Morgan fingerprint density at radius 1 is 0.373 bits per heavy atom. The summed E-state index contributed by atoms with van der Waals surface area (Å²) in [6, 6.07) is 74.6. The van der Waals surface area contributed by atoms with Crippen LogP contribution in [0.15, 0.2) is 262 Å². The lowest BCUT2D eigenvalue weighted by Crippen LogP contribution is -2.14. The molecule has 1 aliphatic heterocycles. The highest BCUT2D eigenvalue weighted by molar-refractivity contribution is 8.37. The van der Waals surface area contributed by atoms with Gasteiger partial charge in [-0.05, 0) is 101 Å². The topological polar surface area (TPSA) is 0 Å². The van der Waals surface area contributed by atoms with Gasteiger partial charge in [-0.2, -0.15) is 0 Å². The Morgan fingerprint density at radius 3 is 1.14 bits per heavy atom. The number of benzene rings is 7. The second kappa shape index (κ2) is 13.7. The Kier molecular flexibility index (Phi) is 8.57. The Labute approximate surface area is 309 Å². The molecule has 7 aromatic carbocycles. The molecule has 7 aromatic rings. The molecule has 0 N–H and O–H groups in total. The standard InChI is InChI=1S/C48H38S3/c1-7-19-37(20-8-1)50(38-21-9-2-10-22-38,39-23-11-3-12-24-39)43-31-33-47-45(35-43)46-36-44(32-34-48(46)49-47)51(40-25-13-4-14-26-40,41-27-15-5-16-28-41)42-29-17-6-18-30-42/h1-36,45,47H. The highest BCUT2D eigenvalue weighted by Crippen LogP contribution is 2.76. The predicted octanol–water partition coefficient (Wildman–Crippen LogP) is 14.0. The first kappa shape index (κ1) is 32.0. The molecule has 0 amide bonds. The molecule has 2 atom stereocenters. The van der Waals surface area contributed by atoms with Crippen LogP contribution in [0.3, 0.4) is 0 Å². The van der Waals surface area contributed by atoms with Crippen LogP contribution >= 0.6 is 31.8 Å². The average molecular weight is 711 g/mol. The van der Waals surface area contributed by atoms with Gasteiger partial charge in [0.1, 0.15) is 0 Å². The zero-order chi connectivity index (χ0) is 34.1. The number of hydrogen-bond donors (Lipinski definition) is 0. The number of thioether (sulfide) groups is 1. The fraction of sp³-hybridized carbons (Fsp3) is 0.0417. The van der Waals surface area contributed by atoms with Crippen LogP contribution in [0.5, 0.6) is 0 Å². The van der Waals surface area contributed by atoms with Crippen molar-refractivity contribution >= 4 is 31.8 Å². The molecule has 3 heteroatoms. The maximum absolute atomic E-state index is 2.64. The van der Waals surface area contributed by atoms with Crippen molar-refractivity contribution in [3.05, 3.63) is 229 Å². The Balaban J connectivity index is 1.28. The second-order valence-electron chi connectivity index (χ2n) is 12.8. The van der Waals surface area contributed by atoms with Gasteiger partial charge in [0.15, 0.2) is 0 Å². The van der Waals surface area contributed by atoms with Crippen LogP contribution in [0.1, 0.15) is 11.5 Å². The minimum absolute atomic E-state index is 0.257. The van der Waals surface area contributed by atoms with E-state index in [-0.39, 0.29) is 5.92 Å². The molecule has 2 aliphatic rings. The molecule has 9 rings (SSSR count). The van der Waals surface area contributed by atoms with E-state index < -0.39 is 20.1 Å². The summed E-state index contributed by atoms with van der Waals surface area (Å²) >= 11 is 2.01. The number of allylic oxidation sites excluding steroid dienone is 2. The van der Waals surface area contributed by atoms with Crippen molar-refractivity contribution < 1.29 is 0 Å². The normalized spacial score (nSPS) is 17.2. The Hall–Kier alpha value is -4.93. The Morgan fingerprint density at radius 2 is 0.745 bits per heavy atom. The van der Waals surface area contributed by atoms with Gasteiger partial charge in [-0.25, -0.2) is 0 Å². The van der Waals surface area contributed by atoms with Crippen LogP contribution in [0.4, 0.5) is 0 Å². The van der Waals surface area contributed by atoms with Crippen LogP contribution < -0.4 is 0 Å². The summed E-state index contributed by atoms with van der Waals surface area (Å²) in [7, 11) is -3.56. The molecule has 248 valence electrons. The molecule has 0 aromatic heterocycles. The summed E-state index contributed by atoms with van der Waals surface area (Å²) in [4.78, 5) is 12.3. The summed E-state index contributed by atoms with van der Waals surface area (Å²) in [5, 5.41) is 0.355. The third-order valence-electron chi connectivity index (χ3n) is 10.0. The maximum Gasteiger partial charge on any atom is 0.0382 e. The lowest BCUT2D eigenvalue weighted by molar-refractivity contribution is 0.872. The molecule has 51 heavy (non-hydrogen) atoms. The number of rotatable bonds is 8. The van der Waals surface area contributed by atoms with E-state index in [9.17, 15) is 0 Å². The lowest BCUT2D eigenvalue weighted by atomic mass is 9.92. The highest BCUT2D eigenvalue weighted by Gasteiger charge is 2.41. The molecular formula is C48H38S3. The van der Waals surface area contributed by atoms with Gasteiger partial charge in [0, 0.05) is 50.3 Å². The molecule has 0 saturated carbocycles. The van der Waals surface area contributed by atoms with Crippen molar-refractivity contribution in [2.45, 2.75) is 50.3 Å². The van der Waals surface area contributed by atoms with E-state index in [1.54, 1.807) is 0 Å². The van der Waals surface area contributed by atoms with E-state index in [1.807, 2.05) is 11.8 Å². The van der Waals surface area contributed by atoms with Gasteiger partial charge in [0.05, 0.1) is 0 Å². The van der Waals surface area contributed by atoms with Crippen LogP contribution in [-0.2, 0) is 0 Å². The van der Waals surface area contributed by atoms with E-state index in [2.05, 4.69) is 218 Å². The van der Waals surface area contributed by atoms with E-state index in [0.717, 1.165) is 0 Å². The van der Waals surface area contributed by atoms with Crippen molar-refractivity contribution in [2.75, 3.05) is 0 Å². The third-order valence-corrected chi connectivity index (χ3v) is 19.2. The first-order valence-corrected chi connectivity index (χ1v) is 21.6. The van der Waals surface area contributed by atoms with E-state index >= 15 is 0 Å². The summed E-state index contributed by atoms with van der Waals surface area (Å²) in [5.74, 6) is 0.257. The minimum Gasteiger partial charge on any atom is -0.133 e. The fourth-order valence-corrected chi connectivity index (χ4v) is 17.0. The SMILES string of the molecule is C1=CC2Sc3ccc(S(c4ccccc4)(c4ccccc4)c4ccccc4)cc3C2C=C1S(c1ccccc1)(c1ccccc1)c1ccccc1. The molecule has 2 unspecified atom stereocenters. The first-order chi connectivity index (χ1) is 25.3. The van der Waals surface area contributed by atoms with Gasteiger partial charge in [0.25, 0.3) is 0 Å². The molecular weight excluding hydrogens is 673 g/mol. The van der Waals surface area contributed by atoms with Crippen molar-refractivity contribution in [1.82, 2.24) is 0 Å². The van der Waals surface area contributed by atoms with Crippen molar-refractivity contribution in [3.8, 4) is 0 Å². The summed E-state index contributed by atoms with van der Waals surface area (Å²) < 4.78 is 0.